The molecule has 1 aliphatic carbocycles. The van der Waals surface area contributed by atoms with E-state index in [0.717, 1.165) is 64.3 Å². The highest BCUT2D eigenvalue weighted by molar-refractivity contribution is 6.38. The summed E-state index contributed by atoms with van der Waals surface area (Å²) in [6.45, 7) is 1.82. The summed E-state index contributed by atoms with van der Waals surface area (Å²) in [6, 6.07) is 3.35. The summed E-state index contributed by atoms with van der Waals surface area (Å²) in [5.74, 6) is -5.77. The molecule has 2 aliphatic rings. The van der Waals surface area contributed by atoms with Gasteiger partial charge in [-0.25, -0.2) is 9.78 Å². The third kappa shape index (κ3) is 12.8. The predicted molar refractivity (Wildman–Crippen MR) is 194 cm³/mol. The summed E-state index contributed by atoms with van der Waals surface area (Å²) < 4.78 is 1.93. The standard InChI is InChI=1S/C38H53N7O8/c1-2-14-28(34(48)37(51)39-22-31(47)44-33(38(52)53)26-17-10-7-11-18-26)41-35(49)29-21-27-23-45(24-40-27)20-13-5-3-4-12-19-30(46)43-32(36(50)42-29)25-15-8-6-9-16-25/h7,10-11,17-18,23-25,28-29,32-33H,2-6,8-9,12-16,19-22H2,1H3,(H,39,51)(H,41,49)(H,42,50)(H,43,46)(H,44,47)(H,52,53). The average molecular weight is 736 g/mol. The highest BCUT2D eigenvalue weighted by Crippen LogP contribution is 2.27. The van der Waals surface area contributed by atoms with Gasteiger partial charge in [-0.2, -0.15) is 0 Å². The van der Waals surface area contributed by atoms with E-state index in [1.807, 2.05) is 10.8 Å². The number of Topliss-reactive ketones (excluding diaryl/α,β-unsaturated/α-hetero) is 1. The van der Waals surface area contributed by atoms with Crippen molar-refractivity contribution in [3.63, 3.8) is 0 Å². The molecule has 1 fully saturated rings. The van der Waals surface area contributed by atoms with Gasteiger partial charge in [0.1, 0.15) is 12.1 Å². The predicted octanol–water partition coefficient (Wildman–Crippen LogP) is 2.24. The number of hydrogen-bond acceptors (Lipinski definition) is 8. The number of nitrogens with zero attached hydrogens (tertiary/aromatic N) is 2. The van der Waals surface area contributed by atoms with Gasteiger partial charge in [-0.1, -0.05) is 82.2 Å². The number of amides is 5. The summed E-state index contributed by atoms with van der Waals surface area (Å²) in [4.78, 5) is 96.0. The molecule has 15 nitrogen and oxygen atoms in total. The number of imidazole rings is 1. The van der Waals surface area contributed by atoms with Crippen molar-refractivity contribution in [3.05, 3.63) is 54.1 Å². The molecule has 1 aliphatic heterocycles. The first kappa shape index (κ1) is 40.7. The van der Waals surface area contributed by atoms with E-state index in [-0.39, 0.29) is 24.7 Å². The molecule has 1 saturated carbocycles. The van der Waals surface area contributed by atoms with Gasteiger partial charge in [0.05, 0.1) is 24.6 Å². The molecule has 1 aromatic carbocycles. The Morgan fingerprint density at radius 1 is 0.925 bits per heavy atom. The molecule has 0 spiro atoms. The smallest absolute Gasteiger partial charge is 0.330 e. The van der Waals surface area contributed by atoms with Crippen LogP contribution in [0.2, 0.25) is 0 Å². The Bertz CT molecular complexity index is 1570. The molecule has 2 bridgehead atoms. The molecule has 4 rings (SSSR count). The second-order valence-electron chi connectivity index (χ2n) is 14.0. The molecule has 0 radical (unpaired) electrons. The van der Waals surface area contributed by atoms with Crippen molar-refractivity contribution < 1.29 is 38.7 Å². The zero-order valence-electron chi connectivity index (χ0n) is 30.4. The molecule has 4 atom stereocenters. The molecular formula is C38H53N7O8. The first-order chi connectivity index (χ1) is 25.5. The molecule has 1 aromatic heterocycles. The molecule has 288 valence electrons. The number of fused-ring (bicyclic) bond motifs is 2. The van der Waals surface area contributed by atoms with Crippen LogP contribution in [0.1, 0.15) is 108 Å². The maximum Gasteiger partial charge on any atom is 0.330 e. The van der Waals surface area contributed by atoms with E-state index < -0.39 is 66.1 Å². The number of benzene rings is 1. The van der Waals surface area contributed by atoms with E-state index in [2.05, 4.69) is 31.6 Å². The lowest BCUT2D eigenvalue weighted by Gasteiger charge is -2.31. The van der Waals surface area contributed by atoms with Crippen molar-refractivity contribution in [1.29, 1.82) is 0 Å². The lowest BCUT2D eigenvalue weighted by atomic mass is 9.83. The number of carbonyl (C=O) groups excluding carboxylic acids is 6. The quantitative estimate of drug-likeness (QED) is 0.176. The van der Waals surface area contributed by atoms with E-state index in [1.165, 1.54) is 12.1 Å². The fourth-order valence-corrected chi connectivity index (χ4v) is 6.92. The van der Waals surface area contributed by atoms with Crippen molar-refractivity contribution >= 4 is 41.3 Å². The highest BCUT2D eigenvalue weighted by atomic mass is 16.4. The van der Waals surface area contributed by atoms with Crippen LogP contribution in [0.5, 0.6) is 0 Å². The Hall–Kier alpha value is -5.08. The maximum absolute atomic E-state index is 14.0. The van der Waals surface area contributed by atoms with E-state index >= 15 is 0 Å². The maximum atomic E-state index is 14.0. The van der Waals surface area contributed by atoms with Crippen LogP contribution in [-0.4, -0.2) is 80.6 Å². The first-order valence-corrected chi connectivity index (χ1v) is 18.9. The molecule has 6 N–H and O–H groups in total. The van der Waals surface area contributed by atoms with Crippen LogP contribution in [-0.2, 0) is 46.5 Å². The number of aryl methyl sites for hydroxylation is 1. The second kappa shape index (κ2) is 20.8. The van der Waals surface area contributed by atoms with Crippen molar-refractivity contribution in [2.75, 3.05) is 6.54 Å². The number of hydrogen-bond donors (Lipinski definition) is 6. The van der Waals surface area contributed by atoms with Crippen LogP contribution in [0.3, 0.4) is 0 Å². The van der Waals surface area contributed by atoms with Gasteiger partial charge in [-0.15, -0.1) is 0 Å². The fraction of sp³-hybridized carbons (Fsp3) is 0.579. The SMILES string of the molecule is CCCC(NC(=O)C1Cc2cn(cn2)CCCCCCCC(=O)NC(C2CCCCC2)C(=O)N1)C(=O)C(=O)NCC(=O)NC(C(=O)O)c1ccccc1. The van der Waals surface area contributed by atoms with Crippen molar-refractivity contribution in [2.45, 2.75) is 128 Å². The number of aromatic nitrogens is 2. The van der Waals surface area contributed by atoms with Gasteiger partial charge in [-0.3, -0.25) is 28.8 Å². The highest BCUT2D eigenvalue weighted by Gasteiger charge is 2.35. The van der Waals surface area contributed by atoms with Gasteiger partial charge in [0.25, 0.3) is 5.91 Å². The molecule has 5 amide bonds. The topological polar surface area (TPSA) is 218 Å². The second-order valence-corrected chi connectivity index (χ2v) is 14.0. The van der Waals surface area contributed by atoms with Gasteiger partial charge in [0.2, 0.25) is 29.4 Å². The van der Waals surface area contributed by atoms with E-state index in [0.29, 0.717) is 30.5 Å². The van der Waals surface area contributed by atoms with E-state index in [4.69, 9.17) is 0 Å². The normalized spacial score (nSPS) is 20.4. The van der Waals surface area contributed by atoms with Crippen LogP contribution in [0.15, 0.2) is 42.9 Å². The third-order valence-electron chi connectivity index (χ3n) is 9.80. The van der Waals surface area contributed by atoms with Crippen molar-refractivity contribution in [3.8, 4) is 0 Å². The van der Waals surface area contributed by atoms with E-state index in [1.54, 1.807) is 31.5 Å². The lowest BCUT2D eigenvalue weighted by molar-refractivity contribution is -0.142. The van der Waals surface area contributed by atoms with Gasteiger partial charge >= 0.3 is 5.97 Å². The van der Waals surface area contributed by atoms with Gasteiger partial charge in [0, 0.05) is 25.6 Å². The summed E-state index contributed by atoms with van der Waals surface area (Å²) in [6.07, 6.45) is 13.3. The Labute approximate surface area is 309 Å². The summed E-state index contributed by atoms with van der Waals surface area (Å²) in [5, 5.41) is 22.6. The third-order valence-corrected chi connectivity index (χ3v) is 9.80. The van der Waals surface area contributed by atoms with Crippen LogP contribution in [0.25, 0.3) is 0 Å². The van der Waals surface area contributed by atoms with Crippen LogP contribution < -0.4 is 26.6 Å². The van der Waals surface area contributed by atoms with Crippen LogP contribution in [0, 0.1) is 5.92 Å². The van der Waals surface area contributed by atoms with Crippen LogP contribution in [0.4, 0.5) is 0 Å². The molecule has 0 saturated heterocycles. The zero-order chi connectivity index (χ0) is 38.2. The van der Waals surface area contributed by atoms with E-state index in [9.17, 15) is 38.7 Å². The van der Waals surface area contributed by atoms with Crippen LogP contribution >= 0.6 is 0 Å². The number of carboxylic acids is 1. The number of rotatable bonds is 12. The summed E-state index contributed by atoms with van der Waals surface area (Å²) in [5.41, 5.74) is 0.872. The largest absolute Gasteiger partial charge is 0.479 e. The Balaban J connectivity index is 1.47. The van der Waals surface area contributed by atoms with Crippen molar-refractivity contribution in [1.82, 2.24) is 36.1 Å². The first-order valence-electron chi connectivity index (χ1n) is 18.9. The molecule has 2 aromatic rings. The average Bonchev–Trinajstić information content (AvgIpc) is 3.61. The minimum atomic E-state index is -1.37. The Morgan fingerprint density at radius 3 is 2.34 bits per heavy atom. The van der Waals surface area contributed by atoms with Gasteiger partial charge < -0.3 is 36.3 Å². The number of carboxylic acid groups (broad SMARTS) is 1. The Kier molecular flexibility index (Phi) is 16.0. The minimum Gasteiger partial charge on any atom is -0.479 e. The lowest BCUT2D eigenvalue weighted by Crippen LogP contribution is -2.59. The number of aliphatic carboxylic acids is 1. The molecule has 2 heterocycles. The van der Waals surface area contributed by atoms with Crippen molar-refractivity contribution in [2.24, 2.45) is 5.92 Å². The molecule has 4 unspecified atom stereocenters. The fourth-order valence-electron chi connectivity index (χ4n) is 6.92. The number of carbonyl (C=O) groups is 7. The minimum absolute atomic E-state index is 0.00146. The number of ketones is 1. The molecule has 15 heteroatoms. The zero-order valence-corrected chi connectivity index (χ0v) is 30.4. The number of nitrogens with one attached hydrogen (secondary N) is 5. The molecular weight excluding hydrogens is 682 g/mol. The van der Waals surface area contributed by atoms with Gasteiger partial charge in [0.15, 0.2) is 6.04 Å². The monoisotopic (exact) mass is 735 g/mol. The van der Waals surface area contributed by atoms with Gasteiger partial charge in [-0.05, 0) is 43.6 Å². The summed E-state index contributed by atoms with van der Waals surface area (Å²) >= 11 is 0. The Morgan fingerprint density at radius 2 is 1.62 bits per heavy atom. The molecule has 53 heavy (non-hydrogen) atoms. The summed E-state index contributed by atoms with van der Waals surface area (Å²) in [7, 11) is 0.